The van der Waals surface area contributed by atoms with Crippen LogP contribution in [0.5, 0.6) is 0 Å². The summed E-state index contributed by atoms with van der Waals surface area (Å²) in [6.07, 6.45) is 3.45. The maximum atomic E-state index is 6.41. The number of nitrogens with zero attached hydrogens (tertiary/aromatic N) is 1. The van der Waals surface area contributed by atoms with E-state index in [0.717, 1.165) is 11.9 Å². The molecule has 0 bridgehead atoms. The number of fused-ring (bicyclic) bond motifs is 1. The zero-order valence-corrected chi connectivity index (χ0v) is 12.2. The minimum Gasteiger partial charge on any atom is -0.326 e. The van der Waals surface area contributed by atoms with Gasteiger partial charge in [0.1, 0.15) is 0 Å². The van der Waals surface area contributed by atoms with E-state index in [2.05, 4.69) is 30.1 Å². The lowest BCUT2D eigenvalue weighted by Crippen LogP contribution is -2.42. The third-order valence-corrected chi connectivity index (χ3v) is 6.48. The largest absolute Gasteiger partial charge is 0.326 e. The highest BCUT2D eigenvalue weighted by Gasteiger charge is 2.36. The van der Waals surface area contributed by atoms with Crippen molar-refractivity contribution in [3.63, 3.8) is 0 Å². The number of para-hydroxylation sites is 1. The van der Waals surface area contributed by atoms with Crippen LogP contribution in [0.25, 0.3) is 10.2 Å². The predicted molar refractivity (Wildman–Crippen MR) is 81.4 cm³/mol. The maximum Gasteiger partial charge on any atom is 0.0954 e. The van der Waals surface area contributed by atoms with Crippen LogP contribution < -0.4 is 5.73 Å². The number of hydrogen-bond donors (Lipinski definition) is 1. The molecule has 2 unspecified atom stereocenters. The Morgan fingerprint density at radius 3 is 3.00 bits per heavy atom. The number of rotatable bonds is 3. The number of thiazole rings is 1. The van der Waals surface area contributed by atoms with Crippen molar-refractivity contribution in [1.82, 2.24) is 4.98 Å². The topological polar surface area (TPSA) is 38.9 Å². The molecule has 2 nitrogen and oxygen atoms in total. The monoisotopic (exact) mass is 278 g/mol. The van der Waals surface area contributed by atoms with Gasteiger partial charge in [0.05, 0.1) is 15.2 Å². The summed E-state index contributed by atoms with van der Waals surface area (Å²) < 4.78 is 1.52. The first kappa shape index (κ1) is 12.5. The second kappa shape index (κ2) is 4.83. The molecule has 0 amide bonds. The second-order valence-corrected chi connectivity index (χ2v) is 7.90. The van der Waals surface area contributed by atoms with Crippen molar-refractivity contribution in [3.05, 3.63) is 29.3 Å². The van der Waals surface area contributed by atoms with Crippen molar-refractivity contribution in [1.29, 1.82) is 0 Å². The quantitative estimate of drug-likeness (QED) is 0.934. The van der Waals surface area contributed by atoms with E-state index in [0.29, 0.717) is 0 Å². The number of nitrogens with two attached hydrogens (primary N) is 1. The van der Waals surface area contributed by atoms with Crippen LogP contribution in [0, 0.1) is 0 Å². The Hall–Kier alpha value is -0.580. The van der Waals surface area contributed by atoms with Gasteiger partial charge in [-0.3, -0.25) is 0 Å². The minimum absolute atomic E-state index is 0.213. The van der Waals surface area contributed by atoms with E-state index in [4.69, 9.17) is 5.73 Å². The third-order valence-electron chi connectivity index (χ3n) is 3.77. The summed E-state index contributed by atoms with van der Waals surface area (Å²) in [5.74, 6) is 1.25. The van der Waals surface area contributed by atoms with Gasteiger partial charge in [-0.05, 0) is 37.7 Å². The Morgan fingerprint density at radius 1 is 1.44 bits per heavy atom. The van der Waals surface area contributed by atoms with E-state index in [1.807, 2.05) is 17.8 Å². The average molecular weight is 278 g/mol. The van der Waals surface area contributed by atoms with Gasteiger partial charge in [-0.1, -0.05) is 12.1 Å². The molecule has 1 aromatic heterocycles. The summed E-state index contributed by atoms with van der Waals surface area (Å²) >= 11 is 3.81. The van der Waals surface area contributed by atoms with Crippen molar-refractivity contribution < 1.29 is 0 Å². The van der Waals surface area contributed by atoms with E-state index in [1.54, 1.807) is 11.3 Å². The fourth-order valence-corrected chi connectivity index (χ4v) is 4.87. The normalized spacial score (nSPS) is 25.7. The van der Waals surface area contributed by atoms with Gasteiger partial charge in [0, 0.05) is 17.2 Å². The van der Waals surface area contributed by atoms with Crippen molar-refractivity contribution in [2.45, 2.75) is 37.0 Å². The summed E-state index contributed by atoms with van der Waals surface area (Å²) in [4.78, 5) is 4.68. The van der Waals surface area contributed by atoms with Crippen LogP contribution in [-0.2, 0) is 6.42 Å². The van der Waals surface area contributed by atoms with E-state index >= 15 is 0 Å². The van der Waals surface area contributed by atoms with E-state index in [-0.39, 0.29) is 10.8 Å². The Kier molecular flexibility index (Phi) is 3.34. The van der Waals surface area contributed by atoms with Crippen molar-refractivity contribution in [2.75, 3.05) is 5.75 Å². The molecule has 1 saturated heterocycles. The molecule has 1 fully saturated rings. The van der Waals surface area contributed by atoms with Crippen LogP contribution in [0.2, 0.25) is 0 Å². The van der Waals surface area contributed by atoms with Gasteiger partial charge < -0.3 is 5.73 Å². The summed E-state index contributed by atoms with van der Waals surface area (Å²) in [6, 6.07) is 8.53. The molecule has 0 spiro atoms. The van der Waals surface area contributed by atoms with Gasteiger partial charge in [-0.2, -0.15) is 11.8 Å². The molecular formula is C14H18N2S2. The van der Waals surface area contributed by atoms with Gasteiger partial charge in [0.15, 0.2) is 0 Å². The van der Waals surface area contributed by atoms with E-state index in [1.165, 1.54) is 28.3 Å². The number of benzene rings is 1. The first-order chi connectivity index (χ1) is 8.67. The van der Waals surface area contributed by atoms with Crippen molar-refractivity contribution in [3.8, 4) is 0 Å². The Balaban J connectivity index is 1.79. The second-order valence-electron chi connectivity index (χ2n) is 5.15. The highest BCUT2D eigenvalue weighted by atomic mass is 32.2. The first-order valence-electron chi connectivity index (χ1n) is 6.41. The smallest absolute Gasteiger partial charge is 0.0954 e. The number of aromatic nitrogens is 1. The number of thioether (sulfide) groups is 1. The SMILES string of the molecule is CC1(C(N)Cc2nc3ccccc3s2)CCCS1. The van der Waals surface area contributed by atoms with Crippen LogP contribution >= 0.6 is 23.1 Å². The molecule has 2 N–H and O–H groups in total. The highest BCUT2D eigenvalue weighted by Crippen LogP contribution is 2.40. The lowest BCUT2D eigenvalue weighted by Gasteiger charge is -2.29. The van der Waals surface area contributed by atoms with Gasteiger partial charge >= 0.3 is 0 Å². The van der Waals surface area contributed by atoms with E-state index < -0.39 is 0 Å². The molecule has 2 heterocycles. The van der Waals surface area contributed by atoms with Crippen molar-refractivity contribution in [2.24, 2.45) is 5.73 Å². The van der Waals surface area contributed by atoms with Crippen LogP contribution in [0.1, 0.15) is 24.8 Å². The molecule has 2 atom stereocenters. The zero-order chi connectivity index (χ0) is 12.6. The fourth-order valence-electron chi connectivity index (χ4n) is 2.50. The lowest BCUT2D eigenvalue weighted by molar-refractivity contribution is 0.482. The lowest BCUT2D eigenvalue weighted by atomic mass is 9.95. The summed E-state index contributed by atoms with van der Waals surface area (Å²) in [7, 11) is 0. The Labute approximate surface area is 116 Å². The third kappa shape index (κ3) is 2.29. The zero-order valence-electron chi connectivity index (χ0n) is 10.6. The predicted octanol–water partition coefficient (Wildman–Crippen LogP) is 3.45. The molecule has 0 aliphatic carbocycles. The Morgan fingerprint density at radius 2 is 2.28 bits per heavy atom. The van der Waals surface area contributed by atoms with Gasteiger partial charge in [0.25, 0.3) is 0 Å². The fraction of sp³-hybridized carbons (Fsp3) is 0.500. The number of hydrogen-bond acceptors (Lipinski definition) is 4. The van der Waals surface area contributed by atoms with E-state index in [9.17, 15) is 0 Å². The van der Waals surface area contributed by atoms with Gasteiger partial charge in [-0.25, -0.2) is 4.98 Å². The summed E-state index contributed by atoms with van der Waals surface area (Å²) in [5.41, 5.74) is 7.52. The molecule has 1 aliphatic heterocycles. The molecule has 96 valence electrons. The standard InChI is InChI=1S/C14H18N2S2/c1-14(7-4-8-17-14)12(15)9-13-16-10-5-2-3-6-11(10)18-13/h2-3,5-6,12H,4,7-9,15H2,1H3. The molecule has 1 aliphatic rings. The first-order valence-corrected chi connectivity index (χ1v) is 8.22. The molecule has 1 aromatic carbocycles. The molecule has 18 heavy (non-hydrogen) atoms. The van der Waals surface area contributed by atoms with Crippen LogP contribution in [0.15, 0.2) is 24.3 Å². The molecule has 0 radical (unpaired) electrons. The molecule has 3 rings (SSSR count). The van der Waals surface area contributed by atoms with Gasteiger partial charge in [0.2, 0.25) is 0 Å². The summed E-state index contributed by atoms with van der Waals surface area (Å²) in [6.45, 7) is 2.31. The minimum atomic E-state index is 0.213. The molecule has 4 heteroatoms. The molecule has 0 saturated carbocycles. The van der Waals surface area contributed by atoms with Crippen LogP contribution in [-0.4, -0.2) is 21.5 Å². The van der Waals surface area contributed by atoms with Crippen LogP contribution in [0.3, 0.4) is 0 Å². The summed E-state index contributed by atoms with van der Waals surface area (Å²) in [5, 5.41) is 1.18. The van der Waals surface area contributed by atoms with Gasteiger partial charge in [-0.15, -0.1) is 11.3 Å². The van der Waals surface area contributed by atoms with Crippen molar-refractivity contribution >= 4 is 33.3 Å². The van der Waals surface area contributed by atoms with Crippen LogP contribution in [0.4, 0.5) is 0 Å². The molecule has 2 aromatic rings. The average Bonchev–Trinajstić information content (AvgIpc) is 2.95. The molecular weight excluding hydrogens is 260 g/mol. The highest BCUT2D eigenvalue weighted by molar-refractivity contribution is 8.00. The maximum absolute atomic E-state index is 6.41. The Bertz CT molecular complexity index is 510.